The molecule has 0 saturated carbocycles. The van der Waals surface area contributed by atoms with Crippen LogP contribution in [-0.4, -0.2) is 26.7 Å². The van der Waals surface area contributed by atoms with Crippen molar-refractivity contribution in [2.75, 3.05) is 7.05 Å². The standard InChI is InChI=1S/C16H14BNO3/c1-18-9-13-4-2-3-5-16(13)21-17-15-8-12(10-19)6-7-14(15)11-20-17/h2-10H,11H2,1H3/b18-9+. The monoisotopic (exact) mass is 279 g/mol. The quantitative estimate of drug-likeness (QED) is 0.487. The van der Waals surface area contributed by atoms with Gasteiger partial charge >= 0.3 is 7.12 Å². The fraction of sp³-hybridized carbons (Fsp3) is 0.125. The average molecular weight is 279 g/mol. The molecule has 21 heavy (non-hydrogen) atoms. The van der Waals surface area contributed by atoms with Gasteiger partial charge in [-0.15, -0.1) is 0 Å². The van der Waals surface area contributed by atoms with Gasteiger partial charge in [0.25, 0.3) is 0 Å². The van der Waals surface area contributed by atoms with Gasteiger partial charge in [0.2, 0.25) is 0 Å². The molecule has 0 amide bonds. The van der Waals surface area contributed by atoms with Crippen LogP contribution in [0.4, 0.5) is 0 Å². The summed E-state index contributed by atoms with van der Waals surface area (Å²) in [7, 11) is 1.22. The molecule has 0 radical (unpaired) electrons. The topological polar surface area (TPSA) is 47.9 Å². The number of carbonyl (C=O) groups excluding carboxylic acids is 1. The summed E-state index contributed by atoms with van der Waals surface area (Å²) in [5.74, 6) is 0.706. The zero-order valence-corrected chi connectivity index (χ0v) is 11.7. The van der Waals surface area contributed by atoms with E-state index in [1.165, 1.54) is 0 Å². The Morgan fingerprint density at radius 1 is 1.29 bits per heavy atom. The van der Waals surface area contributed by atoms with Crippen LogP contribution in [0.1, 0.15) is 21.5 Å². The van der Waals surface area contributed by atoms with Crippen molar-refractivity contribution in [2.24, 2.45) is 4.99 Å². The van der Waals surface area contributed by atoms with E-state index in [0.717, 1.165) is 22.9 Å². The van der Waals surface area contributed by atoms with E-state index in [-0.39, 0.29) is 0 Å². The highest BCUT2D eigenvalue weighted by Gasteiger charge is 2.33. The number of para-hydroxylation sites is 1. The molecule has 0 saturated heterocycles. The van der Waals surface area contributed by atoms with Crippen molar-refractivity contribution in [3.8, 4) is 5.75 Å². The van der Waals surface area contributed by atoms with Crippen molar-refractivity contribution < 1.29 is 14.1 Å². The molecular formula is C16H14BNO3. The molecule has 5 heteroatoms. The zero-order valence-electron chi connectivity index (χ0n) is 11.7. The number of carbonyl (C=O) groups is 1. The Labute approximate surface area is 123 Å². The van der Waals surface area contributed by atoms with Gasteiger partial charge in [0.15, 0.2) is 0 Å². The molecule has 1 heterocycles. The molecule has 0 aliphatic carbocycles. The van der Waals surface area contributed by atoms with Gasteiger partial charge in [0, 0.05) is 29.9 Å². The third-order valence-electron chi connectivity index (χ3n) is 3.37. The minimum absolute atomic E-state index is 0.489. The Balaban J connectivity index is 1.90. The Hall–Kier alpha value is -2.40. The van der Waals surface area contributed by atoms with Crippen LogP contribution in [0.5, 0.6) is 5.75 Å². The van der Waals surface area contributed by atoms with Crippen molar-refractivity contribution in [3.63, 3.8) is 0 Å². The lowest BCUT2D eigenvalue weighted by molar-refractivity contribution is 0.112. The molecule has 2 aromatic rings. The second-order valence-corrected chi connectivity index (χ2v) is 4.76. The van der Waals surface area contributed by atoms with Crippen molar-refractivity contribution >= 4 is 25.1 Å². The molecule has 0 aromatic heterocycles. The first-order valence-electron chi connectivity index (χ1n) is 6.69. The third-order valence-corrected chi connectivity index (χ3v) is 3.37. The lowest BCUT2D eigenvalue weighted by atomic mass is 9.78. The Bertz CT molecular complexity index is 700. The minimum Gasteiger partial charge on any atom is -0.532 e. The normalized spacial score (nSPS) is 13.5. The number of rotatable bonds is 4. The van der Waals surface area contributed by atoms with Crippen LogP contribution in [-0.2, 0) is 11.3 Å². The van der Waals surface area contributed by atoms with Gasteiger partial charge in [-0.05, 0) is 17.7 Å². The van der Waals surface area contributed by atoms with Gasteiger partial charge in [-0.3, -0.25) is 9.79 Å². The molecule has 0 fully saturated rings. The van der Waals surface area contributed by atoms with Crippen LogP contribution in [0, 0.1) is 0 Å². The molecule has 0 unspecified atom stereocenters. The van der Waals surface area contributed by atoms with Crippen molar-refractivity contribution in [3.05, 3.63) is 59.2 Å². The summed E-state index contributed by atoms with van der Waals surface area (Å²) >= 11 is 0. The first kappa shape index (κ1) is 13.6. The van der Waals surface area contributed by atoms with Crippen molar-refractivity contribution in [2.45, 2.75) is 6.61 Å². The number of nitrogens with zero attached hydrogens (tertiary/aromatic N) is 1. The molecule has 0 bridgehead atoms. The van der Waals surface area contributed by atoms with E-state index in [9.17, 15) is 4.79 Å². The first-order chi connectivity index (χ1) is 10.3. The molecule has 4 nitrogen and oxygen atoms in total. The van der Waals surface area contributed by atoms with Gasteiger partial charge in [0.05, 0.1) is 6.61 Å². The average Bonchev–Trinajstić information content (AvgIpc) is 2.92. The lowest BCUT2D eigenvalue weighted by Crippen LogP contribution is -2.35. The predicted octanol–water partition coefficient (Wildman–Crippen LogP) is 1.85. The maximum Gasteiger partial charge on any atom is 0.563 e. The van der Waals surface area contributed by atoms with Gasteiger partial charge in [0.1, 0.15) is 12.0 Å². The Kier molecular flexibility index (Phi) is 3.84. The highest BCUT2D eigenvalue weighted by molar-refractivity contribution is 6.63. The van der Waals surface area contributed by atoms with Gasteiger partial charge in [-0.25, -0.2) is 0 Å². The number of hydrogen-bond donors (Lipinski definition) is 0. The lowest BCUT2D eigenvalue weighted by Gasteiger charge is -2.12. The summed E-state index contributed by atoms with van der Waals surface area (Å²) < 4.78 is 11.6. The molecule has 0 N–H and O–H groups in total. The molecular weight excluding hydrogens is 265 g/mol. The third kappa shape index (κ3) is 2.73. The van der Waals surface area contributed by atoms with Crippen LogP contribution in [0.2, 0.25) is 0 Å². The second-order valence-electron chi connectivity index (χ2n) is 4.76. The summed E-state index contributed by atoms with van der Waals surface area (Å²) in [5.41, 5.74) is 3.47. The molecule has 0 spiro atoms. The molecule has 1 aliphatic heterocycles. The number of aliphatic imine (C=N–C) groups is 1. The van der Waals surface area contributed by atoms with Crippen molar-refractivity contribution in [1.29, 1.82) is 0 Å². The summed E-state index contributed by atoms with van der Waals surface area (Å²) in [6.07, 6.45) is 2.57. The van der Waals surface area contributed by atoms with E-state index >= 15 is 0 Å². The van der Waals surface area contributed by atoms with E-state index in [1.54, 1.807) is 19.3 Å². The van der Waals surface area contributed by atoms with Gasteiger partial charge in [-0.1, -0.05) is 30.3 Å². The molecule has 2 aromatic carbocycles. The number of aldehydes is 1. The highest BCUT2D eigenvalue weighted by atomic mass is 16.6. The fourth-order valence-corrected chi connectivity index (χ4v) is 2.34. The summed E-state index contributed by atoms with van der Waals surface area (Å²) in [4.78, 5) is 14.9. The molecule has 0 atom stereocenters. The van der Waals surface area contributed by atoms with Gasteiger partial charge < -0.3 is 9.31 Å². The van der Waals surface area contributed by atoms with Crippen LogP contribution in [0.25, 0.3) is 0 Å². The van der Waals surface area contributed by atoms with Crippen molar-refractivity contribution in [1.82, 2.24) is 0 Å². The van der Waals surface area contributed by atoms with E-state index in [0.29, 0.717) is 17.9 Å². The van der Waals surface area contributed by atoms with Crippen LogP contribution < -0.4 is 10.1 Å². The SMILES string of the molecule is C/N=C/c1ccccc1OB1OCc2ccc(C=O)cc21. The second kappa shape index (κ2) is 5.93. The zero-order chi connectivity index (χ0) is 14.7. The van der Waals surface area contributed by atoms with E-state index in [4.69, 9.17) is 9.31 Å². The van der Waals surface area contributed by atoms with Crippen LogP contribution >= 0.6 is 0 Å². The summed E-state index contributed by atoms with van der Waals surface area (Å²) in [6, 6.07) is 13.1. The molecule has 3 rings (SSSR count). The Morgan fingerprint density at radius 3 is 2.95 bits per heavy atom. The van der Waals surface area contributed by atoms with Crippen LogP contribution in [0.3, 0.4) is 0 Å². The number of hydrogen-bond acceptors (Lipinski definition) is 4. The van der Waals surface area contributed by atoms with E-state index < -0.39 is 7.12 Å². The fourth-order valence-electron chi connectivity index (χ4n) is 2.34. The summed E-state index contributed by atoms with van der Waals surface area (Å²) in [5, 5.41) is 0. The largest absolute Gasteiger partial charge is 0.563 e. The van der Waals surface area contributed by atoms with E-state index in [2.05, 4.69) is 4.99 Å². The smallest absolute Gasteiger partial charge is 0.532 e. The van der Waals surface area contributed by atoms with Crippen LogP contribution in [0.15, 0.2) is 47.5 Å². The minimum atomic E-state index is -0.494. The predicted molar refractivity (Wildman–Crippen MR) is 82.6 cm³/mol. The molecule has 104 valence electrons. The maximum atomic E-state index is 10.9. The summed E-state index contributed by atoms with van der Waals surface area (Å²) in [6.45, 7) is 0.489. The number of benzene rings is 2. The van der Waals surface area contributed by atoms with Gasteiger partial charge in [-0.2, -0.15) is 0 Å². The van der Waals surface area contributed by atoms with E-state index in [1.807, 2.05) is 36.4 Å². The number of fused-ring (bicyclic) bond motifs is 1. The highest BCUT2D eigenvalue weighted by Crippen LogP contribution is 2.20. The first-order valence-corrected chi connectivity index (χ1v) is 6.69. The maximum absolute atomic E-state index is 10.9. The molecule has 1 aliphatic rings. The Morgan fingerprint density at radius 2 is 2.14 bits per heavy atom.